The topological polar surface area (TPSA) is 17.1 Å². The maximum absolute atomic E-state index is 13.5. The average Bonchev–Trinajstić information content (AvgIpc) is 2.34. The summed E-state index contributed by atoms with van der Waals surface area (Å²) in [6, 6.07) is 6.09. The SMILES string of the molecule is Cc1cc(Cl)cc(C(=O)c2ccc(F)c(F)c2F)c1. The quantitative estimate of drug-likeness (QED) is 0.594. The largest absolute Gasteiger partial charge is 0.288 e. The molecule has 0 heterocycles. The lowest BCUT2D eigenvalue weighted by atomic mass is 10.0. The van der Waals surface area contributed by atoms with Gasteiger partial charge in [0.15, 0.2) is 23.2 Å². The fourth-order valence-corrected chi connectivity index (χ4v) is 2.01. The lowest BCUT2D eigenvalue weighted by Crippen LogP contribution is -2.07. The van der Waals surface area contributed by atoms with Gasteiger partial charge in [-0.05, 0) is 42.8 Å². The van der Waals surface area contributed by atoms with Crippen molar-refractivity contribution in [1.82, 2.24) is 0 Å². The molecule has 0 aliphatic rings. The molecule has 0 saturated carbocycles. The molecule has 0 radical (unpaired) electrons. The van der Waals surface area contributed by atoms with Gasteiger partial charge in [0.2, 0.25) is 0 Å². The van der Waals surface area contributed by atoms with Gasteiger partial charge in [0, 0.05) is 10.6 Å². The van der Waals surface area contributed by atoms with Crippen LogP contribution in [0.25, 0.3) is 0 Å². The summed E-state index contributed by atoms with van der Waals surface area (Å²) in [4.78, 5) is 12.0. The van der Waals surface area contributed by atoms with Crippen LogP contribution in [-0.2, 0) is 0 Å². The predicted octanol–water partition coefficient (Wildman–Crippen LogP) is 4.30. The Hall–Kier alpha value is -1.81. The highest BCUT2D eigenvalue weighted by Gasteiger charge is 2.20. The molecule has 19 heavy (non-hydrogen) atoms. The van der Waals surface area contributed by atoms with Crippen LogP contribution in [0.2, 0.25) is 5.02 Å². The van der Waals surface area contributed by atoms with Crippen LogP contribution < -0.4 is 0 Å². The summed E-state index contributed by atoms with van der Waals surface area (Å²) in [6.07, 6.45) is 0. The summed E-state index contributed by atoms with van der Waals surface area (Å²) in [6.45, 7) is 1.71. The molecule has 0 atom stereocenters. The van der Waals surface area contributed by atoms with Gasteiger partial charge in [-0.2, -0.15) is 0 Å². The first-order valence-electron chi connectivity index (χ1n) is 5.35. The van der Waals surface area contributed by atoms with Crippen LogP contribution >= 0.6 is 11.6 Å². The van der Waals surface area contributed by atoms with E-state index in [1.807, 2.05) is 0 Å². The Morgan fingerprint density at radius 3 is 2.37 bits per heavy atom. The minimum Gasteiger partial charge on any atom is -0.288 e. The third-order valence-electron chi connectivity index (χ3n) is 2.58. The highest BCUT2D eigenvalue weighted by Crippen LogP contribution is 2.21. The summed E-state index contributed by atoms with van der Waals surface area (Å²) >= 11 is 5.80. The van der Waals surface area contributed by atoms with E-state index in [0.29, 0.717) is 16.7 Å². The fourth-order valence-electron chi connectivity index (χ4n) is 1.72. The molecule has 2 aromatic rings. The van der Waals surface area contributed by atoms with Gasteiger partial charge in [-0.25, -0.2) is 13.2 Å². The van der Waals surface area contributed by atoms with Crippen molar-refractivity contribution in [3.8, 4) is 0 Å². The molecule has 0 N–H and O–H groups in total. The van der Waals surface area contributed by atoms with E-state index in [1.54, 1.807) is 13.0 Å². The van der Waals surface area contributed by atoms with Gasteiger partial charge >= 0.3 is 0 Å². The number of ketones is 1. The second-order valence-corrected chi connectivity index (χ2v) is 4.51. The molecular weight excluding hydrogens is 277 g/mol. The Balaban J connectivity index is 2.53. The molecule has 5 heteroatoms. The van der Waals surface area contributed by atoms with Crippen LogP contribution in [0.5, 0.6) is 0 Å². The summed E-state index contributed by atoms with van der Waals surface area (Å²) in [5.74, 6) is -5.24. The lowest BCUT2D eigenvalue weighted by molar-refractivity contribution is 0.103. The Kier molecular flexibility index (Phi) is 3.62. The van der Waals surface area contributed by atoms with Crippen molar-refractivity contribution in [3.05, 3.63) is 69.5 Å². The zero-order valence-corrected chi connectivity index (χ0v) is 10.6. The minimum atomic E-state index is -1.66. The second kappa shape index (κ2) is 5.05. The van der Waals surface area contributed by atoms with E-state index in [9.17, 15) is 18.0 Å². The third kappa shape index (κ3) is 2.63. The molecule has 0 unspecified atom stereocenters. The van der Waals surface area contributed by atoms with E-state index >= 15 is 0 Å². The number of hydrogen-bond donors (Lipinski definition) is 0. The van der Waals surface area contributed by atoms with Crippen LogP contribution in [-0.4, -0.2) is 5.78 Å². The summed E-state index contributed by atoms with van der Waals surface area (Å²) < 4.78 is 39.4. The summed E-state index contributed by atoms with van der Waals surface area (Å²) in [5, 5.41) is 0.311. The van der Waals surface area contributed by atoms with Gasteiger partial charge in [-0.3, -0.25) is 4.79 Å². The first-order chi connectivity index (χ1) is 8.90. The average molecular weight is 285 g/mol. The zero-order valence-electron chi connectivity index (χ0n) is 9.81. The Morgan fingerprint density at radius 1 is 1.05 bits per heavy atom. The van der Waals surface area contributed by atoms with Crippen molar-refractivity contribution < 1.29 is 18.0 Å². The molecule has 1 nitrogen and oxygen atoms in total. The maximum Gasteiger partial charge on any atom is 0.196 e. The van der Waals surface area contributed by atoms with Crippen LogP contribution in [0.15, 0.2) is 30.3 Å². The van der Waals surface area contributed by atoms with Crippen LogP contribution in [0.1, 0.15) is 21.5 Å². The van der Waals surface area contributed by atoms with Gasteiger partial charge in [-0.15, -0.1) is 0 Å². The van der Waals surface area contributed by atoms with Crippen LogP contribution in [0.3, 0.4) is 0 Å². The van der Waals surface area contributed by atoms with Crippen molar-refractivity contribution in [1.29, 1.82) is 0 Å². The number of hydrogen-bond acceptors (Lipinski definition) is 1. The monoisotopic (exact) mass is 284 g/mol. The highest BCUT2D eigenvalue weighted by atomic mass is 35.5. The van der Waals surface area contributed by atoms with Crippen molar-refractivity contribution in [2.45, 2.75) is 6.92 Å². The normalized spacial score (nSPS) is 10.6. The Labute approximate surface area is 112 Å². The second-order valence-electron chi connectivity index (χ2n) is 4.07. The Bertz CT molecular complexity index is 648. The van der Waals surface area contributed by atoms with Crippen molar-refractivity contribution in [2.24, 2.45) is 0 Å². The third-order valence-corrected chi connectivity index (χ3v) is 2.80. The highest BCUT2D eigenvalue weighted by molar-refractivity contribution is 6.31. The number of halogens is 4. The first kappa shape index (κ1) is 13.6. The molecule has 2 rings (SSSR count). The van der Waals surface area contributed by atoms with Crippen LogP contribution in [0, 0.1) is 24.4 Å². The van der Waals surface area contributed by atoms with Gasteiger partial charge in [0.1, 0.15) is 0 Å². The number of carbonyl (C=O) groups is 1. The molecule has 0 bridgehead atoms. The van der Waals surface area contributed by atoms with E-state index in [0.717, 1.165) is 6.07 Å². The molecule has 0 amide bonds. The minimum absolute atomic E-state index is 0.120. The first-order valence-corrected chi connectivity index (χ1v) is 5.73. The van der Waals surface area contributed by atoms with Crippen molar-refractivity contribution in [2.75, 3.05) is 0 Å². The summed E-state index contributed by atoms with van der Waals surface area (Å²) in [7, 11) is 0. The fraction of sp³-hybridized carbons (Fsp3) is 0.0714. The van der Waals surface area contributed by atoms with Gasteiger partial charge in [0.25, 0.3) is 0 Å². The molecule has 0 aromatic heterocycles. The van der Waals surface area contributed by atoms with Crippen molar-refractivity contribution in [3.63, 3.8) is 0 Å². The smallest absolute Gasteiger partial charge is 0.196 e. The maximum atomic E-state index is 13.5. The molecule has 0 aliphatic carbocycles. The standard InChI is InChI=1S/C14H8ClF3O/c1-7-4-8(6-9(15)5-7)14(19)10-2-3-11(16)13(18)12(10)17/h2-6H,1H3. The van der Waals surface area contributed by atoms with Crippen LogP contribution in [0.4, 0.5) is 13.2 Å². The lowest BCUT2D eigenvalue weighted by Gasteiger charge is -2.06. The zero-order chi connectivity index (χ0) is 14.2. The van der Waals surface area contributed by atoms with E-state index in [4.69, 9.17) is 11.6 Å². The summed E-state index contributed by atoms with van der Waals surface area (Å²) in [5.41, 5.74) is 0.300. The Morgan fingerprint density at radius 2 is 1.74 bits per heavy atom. The van der Waals surface area contributed by atoms with Gasteiger partial charge < -0.3 is 0 Å². The molecule has 2 aromatic carbocycles. The molecule has 0 fully saturated rings. The van der Waals surface area contributed by atoms with E-state index in [2.05, 4.69) is 0 Å². The van der Waals surface area contributed by atoms with E-state index in [1.165, 1.54) is 12.1 Å². The molecule has 0 aliphatic heterocycles. The van der Waals surface area contributed by atoms with Crippen molar-refractivity contribution >= 4 is 17.4 Å². The molecule has 98 valence electrons. The van der Waals surface area contributed by atoms with E-state index in [-0.39, 0.29) is 5.56 Å². The number of rotatable bonds is 2. The molecular formula is C14H8ClF3O. The molecule has 0 saturated heterocycles. The number of carbonyl (C=O) groups excluding carboxylic acids is 1. The number of aryl methyl sites for hydroxylation is 1. The predicted molar refractivity (Wildman–Crippen MR) is 65.9 cm³/mol. The van der Waals surface area contributed by atoms with Gasteiger partial charge in [0.05, 0.1) is 5.56 Å². The number of benzene rings is 2. The molecule has 0 spiro atoms. The van der Waals surface area contributed by atoms with E-state index < -0.39 is 28.8 Å². The van der Waals surface area contributed by atoms with Gasteiger partial charge in [-0.1, -0.05) is 11.6 Å².